The fourth-order valence-corrected chi connectivity index (χ4v) is 2.59. The fourth-order valence-electron chi connectivity index (χ4n) is 2.59. The second-order valence-corrected chi connectivity index (χ2v) is 6.85. The van der Waals surface area contributed by atoms with E-state index in [9.17, 15) is 9.90 Å². The van der Waals surface area contributed by atoms with Gasteiger partial charge in [-0.2, -0.15) is 5.10 Å². The third-order valence-electron chi connectivity index (χ3n) is 4.47. The summed E-state index contributed by atoms with van der Waals surface area (Å²) in [6.45, 7) is 9.00. The normalized spacial score (nSPS) is 17.8. The first-order valence-electron chi connectivity index (χ1n) is 7.83. The lowest BCUT2D eigenvalue weighted by Crippen LogP contribution is -2.50. The van der Waals surface area contributed by atoms with Gasteiger partial charge in [-0.15, -0.1) is 0 Å². The molecule has 2 rings (SSSR count). The minimum absolute atomic E-state index is 0.0239. The van der Waals surface area contributed by atoms with Crippen LogP contribution in [0, 0.1) is 18.8 Å². The quantitative estimate of drug-likeness (QED) is 0.809. The van der Waals surface area contributed by atoms with Gasteiger partial charge in [0, 0.05) is 12.2 Å². The fraction of sp³-hybridized carbons (Fsp3) is 0.750. The highest BCUT2D eigenvalue weighted by molar-refractivity contribution is 5.95. The molecular formula is C16H27N3O2. The zero-order valence-corrected chi connectivity index (χ0v) is 13.5. The molecule has 1 heterocycles. The number of aliphatic hydroxyl groups excluding tert-OH is 1. The Kier molecular flexibility index (Phi) is 4.71. The van der Waals surface area contributed by atoms with Crippen LogP contribution >= 0.6 is 0 Å². The topological polar surface area (TPSA) is 67.2 Å². The highest BCUT2D eigenvalue weighted by Gasteiger charge is 2.42. The summed E-state index contributed by atoms with van der Waals surface area (Å²) in [5.41, 5.74) is 0.993. The van der Waals surface area contributed by atoms with Crippen molar-refractivity contribution in [2.24, 2.45) is 11.8 Å². The van der Waals surface area contributed by atoms with Gasteiger partial charge in [0.05, 0.1) is 23.9 Å². The van der Waals surface area contributed by atoms with Crippen LogP contribution in [-0.2, 0) is 6.54 Å². The molecule has 0 spiro atoms. The Morgan fingerprint density at radius 1 is 1.57 bits per heavy atom. The van der Waals surface area contributed by atoms with Crippen LogP contribution in [0.3, 0.4) is 0 Å². The average molecular weight is 293 g/mol. The summed E-state index contributed by atoms with van der Waals surface area (Å²) in [5.74, 6) is 0.868. The van der Waals surface area contributed by atoms with E-state index in [1.165, 1.54) is 0 Å². The maximum Gasteiger partial charge on any atom is 0.255 e. The van der Waals surface area contributed by atoms with Crippen LogP contribution in [0.1, 0.15) is 56.1 Å². The molecule has 1 aromatic rings. The van der Waals surface area contributed by atoms with Crippen molar-refractivity contribution in [3.8, 4) is 0 Å². The number of aromatic nitrogens is 2. The molecule has 0 radical (unpaired) electrons. The van der Waals surface area contributed by atoms with Crippen LogP contribution in [0.4, 0.5) is 0 Å². The predicted molar refractivity (Wildman–Crippen MR) is 82.1 cm³/mol. The molecule has 1 aliphatic rings. The lowest BCUT2D eigenvalue weighted by atomic mass is 9.96. The molecule has 1 fully saturated rings. The molecule has 1 saturated carbocycles. The Hall–Kier alpha value is -1.36. The number of rotatable bonds is 7. The number of nitrogens with one attached hydrogen (secondary N) is 1. The number of carbonyl (C=O) groups excluding carboxylic acids is 1. The largest absolute Gasteiger partial charge is 0.394 e. The van der Waals surface area contributed by atoms with Crippen LogP contribution < -0.4 is 5.32 Å². The van der Waals surface area contributed by atoms with Gasteiger partial charge in [-0.05, 0) is 44.9 Å². The van der Waals surface area contributed by atoms with E-state index in [4.69, 9.17) is 0 Å². The lowest BCUT2D eigenvalue weighted by Gasteiger charge is -2.28. The third-order valence-corrected chi connectivity index (χ3v) is 4.47. The van der Waals surface area contributed by atoms with Gasteiger partial charge < -0.3 is 10.4 Å². The second kappa shape index (κ2) is 6.18. The molecule has 118 valence electrons. The summed E-state index contributed by atoms with van der Waals surface area (Å²) in [7, 11) is 0. The van der Waals surface area contributed by atoms with Crippen LogP contribution in [0.15, 0.2) is 6.20 Å². The molecule has 21 heavy (non-hydrogen) atoms. The van der Waals surface area contributed by atoms with Crippen molar-refractivity contribution in [1.29, 1.82) is 0 Å². The number of carbonyl (C=O) groups is 1. The Bertz CT molecular complexity index is 506. The van der Waals surface area contributed by atoms with Gasteiger partial charge in [0.1, 0.15) is 0 Å². The SMILES string of the molecule is Cc1c(C(=O)NC(C)(CO)C2CC2)cnn1CCC(C)C. The number of amides is 1. The van der Waals surface area contributed by atoms with E-state index in [0.717, 1.165) is 31.5 Å². The van der Waals surface area contributed by atoms with Crippen molar-refractivity contribution >= 4 is 5.91 Å². The lowest BCUT2D eigenvalue weighted by molar-refractivity contribution is 0.0824. The van der Waals surface area contributed by atoms with Crippen molar-refractivity contribution in [3.63, 3.8) is 0 Å². The first-order chi connectivity index (χ1) is 9.87. The average Bonchev–Trinajstić information content (AvgIpc) is 3.21. The minimum Gasteiger partial charge on any atom is -0.394 e. The molecule has 1 aromatic heterocycles. The Balaban J connectivity index is 2.05. The summed E-state index contributed by atoms with van der Waals surface area (Å²) in [5, 5.41) is 16.9. The number of aryl methyl sites for hydroxylation is 1. The van der Waals surface area contributed by atoms with Crippen LogP contribution in [0.25, 0.3) is 0 Å². The maximum absolute atomic E-state index is 12.4. The minimum atomic E-state index is -0.510. The van der Waals surface area contributed by atoms with Crippen LogP contribution in [-0.4, -0.2) is 32.9 Å². The van der Waals surface area contributed by atoms with E-state index in [1.807, 2.05) is 18.5 Å². The van der Waals surface area contributed by atoms with Gasteiger partial charge in [0.15, 0.2) is 0 Å². The molecule has 1 unspecified atom stereocenters. The zero-order valence-electron chi connectivity index (χ0n) is 13.5. The second-order valence-electron chi connectivity index (χ2n) is 6.85. The van der Waals surface area contributed by atoms with E-state index in [1.54, 1.807) is 6.20 Å². The van der Waals surface area contributed by atoms with Gasteiger partial charge in [-0.3, -0.25) is 9.48 Å². The van der Waals surface area contributed by atoms with Gasteiger partial charge in [0.2, 0.25) is 0 Å². The molecule has 0 saturated heterocycles. The summed E-state index contributed by atoms with van der Waals surface area (Å²) in [6, 6.07) is 0. The van der Waals surface area contributed by atoms with Gasteiger partial charge in [-0.25, -0.2) is 0 Å². The first kappa shape index (κ1) is 16.0. The standard InChI is InChI=1S/C16H27N3O2/c1-11(2)7-8-19-12(3)14(9-17-19)15(21)18-16(4,10-20)13-5-6-13/h9,11,13,20H,5-8,10H2,1-4H3,(H,18,21). The molecule has 1 amide bonds. The summed E-state index contributed by atoms with van der Waals surface area (Å²) in [6.07, 6.45) is 4.82. The molecule has 0 bridgehead atoms. The zero-order chi connectivity index (χ0) is 15.6. The summed E-state index contributed by atoms with van der Waals surface area (Å²) < 4.78 is 1.89. The van der Waals surface area contributed by atoms with E-state index in [-0.39, 0.29) is 12.5 Å². The number of aliphatic hydroxyl groups is 1. The monoisotopic (exact) mass is 293 g/mol. The Morgan fingerprint density at radius 2 is 2.24 bits per heavy atom. The summed E-state index contributed by atoms with van der Waals surface area (Å²) in [4.78, 5) is 12.4. The molecule has 5 heteroatoms. The maximum atomic E-state index is 12.4. The number of hydrogen-bond acceptors (Lipinski definition) is 3. The molecule has 0 aromatic carbocycles. The van der Waals surface area contributed by atoms with Gasteiger partial charge in [-0.1, -0.05) is 13.8 Å². The summed E-state index contributed by atoms with van der Waals surface area (Å²) >= 11 is 0. The Labute approximate surface area is 126 Å². The Morgan fingerprint density at radius 3 is 2.76 bits per heavy atom. The van der Waals surface area contributed by atoms with Crippen LogP contribution in [0.2, 0.25) is 0 Å². The van der Waals surface area contributed by atoms with E-state index < -0.39 is 5.54 Å². The third kappa shape index (κ3) is 3.64. The highest BCUT2D eigenvalue weighted by atomic mass is 16.3. The van der Waals surface area contributed by atoms with Crippen molar-refractivity contribution in [2.75, 3.05) is 6.61 Å². The molecule has 2 N–H and O–H groups in total. The van der Waals surface area contributed by atoms with Crippen LogP contribution in [0.5, 0.6) is 0 Å². The van der Waals surface area contributed by atoms with Gasteiger partial charge in [0.25, 0.3) is 5.91 Å². The van der Waals surface area contributed by atoms with Crippen molar-refractivity contribution in [3.05, 3.63) is 17.5 Å². The predicted octanol–water partition coefficient (Wildman–Crippen LogP) is 2.13. The van der Waals surface area contributed by atoms with Gasteiger partial charge >= 0.3 is 0 Å². The van der Waals surface area contributed by atoms with E-state index >= 15 is 0 Å². The first-order valence-corrected chi connectivity index (χ1v) is 7.83. The van der Waals surface area contributed by atoms with E-state index in [2.05, 4.69) is 24.3 Å². The smallest absolute Gasteiger partial charge is 0.255 e. The van der Waals surface area contributed by atoms with Crippen molar-refractivity contribution in [1.82, 2.24) is 15.1 Å². The van der Waals surface area contributed by atoms with E-state index in [0.29, 0.717) is 17.4 Å². The highest BCUT2D eigenvalue weighted by Crippen LogP contribution is 2.39. The van der Waals surface area contributed by atoms with Crippen molar-refractivity contribution < 1.29 is 9.90 Å². The van der Waals surface area contributed by atoms with Crippen molar-refractivity contribution in [2.45, 2.75) is 59.0 Å². The molecule has 1 atom stereocenters. The molecule has 1 aliphatic carbocycles. The molecule has 0 aliphatic heterocycles. The number of hydrogen-bond donors (Lipinski definition) is 2. The molecule has 5 nitrogen and oxygen atoms in total. The molecular weight excluding hydrogens is 266 g/mol. The number of nitrogens with zero attached hydrogens (tertiary/aromatic N) is 2.